The first-order valence-electron chi connectivity index (χ1n) is 4.89. The molecule has 0 aliphatic heterocycles. The highest BCUT2D eigenvalue weighted by Gasteiger charge is 2.26. The smallest absolute Gasteiger partial charge is 0.0897 e. The van der Waals surface area contributed by atoms with Gasteiger partial charge in [-0.05, 0) is 19.8 Å². The summed E-state index contributed by atoms with van der Waals surface area (Å²) in [4.78, 5) is 0. The number of aliphatic hydroxyl groups is 2. The van der Waals surface area contributed by atoms with Crippen LogP contribution in [0, 0.1) is 0 Å². The topological polar surface area (TPSA) is 61.7 Å². The third kappa shape index (κ3) is 4.04. The summed E-state index contributed by atoms with van der Waals surface area (Å²) in [5.74, 6) is 0. The maximum atomic E-state index is 9.36. The van der Waals surface area contributed by atoms with Crippen LogP contribution in [0.2, 0.25) is 0 Å². The number of hydrogen-bond donors (Lipinski definition) is 3. The lowest BCUT2D eigenvalue weighted by Crippen LogP contribution is -2.47. The predicted molar refractivity (Wildman–Crippen MR) is 49.5 cm³/mol. The fraction of sp³-hybridized carbons (Fsp3) is 1.00. The Labute approximate surface area is 78.9 Å². The van der Waals surface area contributed by atoms with Crippen LogP contribution in [-0.4, -0.2) is 48.2 Å². The number of rotatable bonds is 6. The first-order valence-corrected chi connectivity index (χ1v) is 4.89. The summed E-state index contributed by atoms with van der Waals surface area (Å²) in [6.07, 6.45) is 1.04. The average Bonchev–Trinajstić information content (AvgIpc) is 2.07. The average molecular weight is 189 g/mol. The molecular weight excluding hydrogens is 170 g/mol. The third-order valence-corrected chi connectivity index (χ3v) is 2.27. The number of ether oxygens (including phenoxy) is 1. The highest BCUT2D eigenvalue weighted by molar-refractivity contribution is 4.84. The molecule has 0 aromatic carbocycles. The minimum Gasteiger partial charge on any atom is -0.393 e. The van der Waals surface area contributed by atoms with Crippen LogP contribution in [0.5, 0.6) is 0 Å². The van der Waals surface area contributed by atoms with Gasteiger partial charge in [0.25, 0.3) is 0 Å². The minimum atomic E-state index is -0.433. The molecule has 1 atom stereocenters. The van der Waals surface area contributed by atoms with E-state index in [4.69, 9.17) is 9.84 Å². The van der Waals surface area contributed by atoms with Crippen molar-refractivity contribution >= 4 is 0 Å². The first-order chi connectivity index (χ1) is 6.22. The summed E-state index contributed by atoms with van der Waals surface area (Å²) in [6, 6.07) is 0.381. The van der Waals surface area contributed by atoms with Crippen molar-refractivity contribution in [3.8, 4) is 0 Å². The summed E-state index contributed by atoms with van der Waals surface area (Å²) in [6.45, 7) is 3.48. The minimum absolute atomic E-state index is 0.137. The fourth-order valence-electron chi connectivity index (χ4n) is 1.37. The summed E-state index contributed by atoms with van der Waals surface area (Å²) in [5.41, 5.74) is 0. The van der Waals surface area contributed by atoms with Gasteiger partial charge in [-0.1, -0.05) is 0 Å². The Morgan fingerprint density at radius 2 is 2.23 bits per heavy atom. The molecular formula is C9H19NO3. The van der Waals surface area contributed by atoms with Crippen LogP contribution in [0.25, 0.3) is 0 Å². The zero-order valence-corrected chi connectivity index (χ0v) is 8.07. The first kappa shape index (κ1) is 10.9. The summed E-state index contributed by atoms with van der Waals surface area (Å²) < 4.78 is 5.06. The normalized spacial score (nSPS) is 29.8. The van der Waals surface area contributed by atoms with E-state index in [0.29, 0.717) is 25.8 Å². The Morgan fingerprint density at radius 1 is 1.54 bits per heavy atom. The Bertz CT molecular complexity index is 137. The molecule has 1 aliphatic rings. The van der Waals surface area contributed by atoms with Crippen molar-refractivity contribution in [2.45, 2.75) is 38.0 Å². The van der Waals surface area contributed by atoms with Gasteiger partial charge in [-0.3, -0.25) is 0 Å². The van der Waals surface area contributed by atoms with Gasteiger partial charge in [-0.2, -0.15) is 0 Å². The largest absolute Gasteiger partial charge is 0.393 e. The van der Waals surface area contributed by atoms with Gasteiger partial charge < -0.3 is 20.3 Å². The molecule has 1 rings (SSSR count). The van der Waals surface area contributed by atoms with E-state index in [1.165, 1.54) is 0 Å². The van der Waals surface area contributed by atoms with Gasteiger partial charge in [0.15, 0.2) is 0 Å². The van der Waals surface area contributed by atoms with E-state index in [-0.39, 0.29) is 6.10 Å². The molecule has 78 valence electrons. The molecule has 0 aromatic heterocycles. The van der Waals surface area contributed by atoms with Crippen LogP contribution in [-0.2, 0) is 4.74 Å². The van der Waals surface area contributed by atoms with Crippen LogP contribution in [0.15, 0.2) is 0 Å². The van der Waals surface area contributed by atoms with Gasteiger partial charge in [0.1, 0.15) is 0 Å². The Kier molecular flexibility index (Phi) is 4.66. The van der Waals surface area contributed by atoms with Crippen molar-refractivity contribution in [2.75, 3.05) is 19.8 Å². The maximum absolute atomic E-state index is 9.36. The summed E-state index contributed by atoms with van der Waals surface area (Å²) >= 11 is 0. The van der Waals surface area contributed by atoms with Crippen LogP contribution in [0.3, 0.4) is 0 Å². The van der Waals surface area contributed by atoms with Gasteiger partial charge in [0.2, 0.25) is 0 Å². The number of aliphatic hydroxyl groups excluding tert-OH is 2. The SMILES string of the molecule is CCOCC(O)CNC1CC(O)C1. The molecule has 0 radical (unpaired) electrons. The van der Waals surface area contributed by atoms with Gasteiger partial charge >= 0.3 is 0 Å². The van der Waals surface area contributed by atoms with E-state index in [2.05, 4.69) is 5.32 Å². The molecule has 1 aliphatic carbocycles. The molecule has 4 nitrogen and oxygen atoms in total. The van der Waals surface area contributed by atoms with Crippen molar-refractivity contribution < 1.29 is 14.9 Å². The monoisotopic (exact) mass is 189 g/mol. The lowest BCUT2D eigenvalue weighted by molar-refractivity contribution is 0.0266. The number of nitrogens with one attached hydrogen (secondary N) is 1. The van der Waals surface area contributed by atoms with E-state index >= 15 is 0 Å². The quantitative estimate of drug-likeness (QED) is 0.527. The van der Waals surface area contributed by atoms with Gasteiger partial charge in [-0.25, -0.2) is 0 Å². The van der Waals surface area contributed by atoms with E-state index in [1.807, 2.05) is 6.92 Å². The number of hydrogen-bond acceptors (Lipinski definition) is 4. The summed E-state index contributed by atoms with van der Waals surface area (Å²) in [7, 11) is 0. The molecule has 0 spiro atoms. The highest BCUT2D eigenvalue weighted by Crippen LogP contribution is 2.18. The lowest BCUT2D eigenvalue weighted by Gasteiger charge is -2.32. The van der Waals surface area contributed by atoms with Crippen molar-refractivity contribution in [1.29, 1.82) is 0 Å². The standard InChI is InChI=1S/C9H19NO3/c1-2-13-6-9(12)5-10-7-3-8(11)4-7/h7-12H,2-6H2,1H3. The molecule has 3 N–H and O–H groups in total. The predicted octanol–water partition coefficient (Wildman–Crippen LogP) is -0.503. The van der Waals surface area contributed by atoms with Gasteiger partial charge in [-0.15, -0.1) is 0 Å². The Hall–Kier alpha value is -0.160. The van der Waals surface area contributed by atoms with E-state index in [0.717, 1.165) is 12.8 Å². The molecule has 0 amide bonds. The van der Waals surface area contributed by atoms with E-state index < -0.39 is 6.10 Å². The van der Waals surface area contributed by atoms with Crippen LogP contribution < -0.4 is 5.32 Å². The van der Waals surface area contributed by atoms with Gasteiger partial charge in [0, 0.05) is 19.2 Å². The second-order valence-electron chi connectivity index (χ2n) is 3.54. The third-order valence-electron chi connectivity index (χ3n) is 2.27. The highest BCUT2D eigenvalue weighted by atomic mass is 16.5. The second kappa shape index (κ2) is 5.54. The molecule has 1 fully saturated rings. The van der Waals surface area contributed by atoms with Gasteiger partial charge in [0.05, 0.1) is 18.8 Å². The lowest BCUT2D eigenvalue weighted by atomic mass is 9.89. The van der Waals surface area contributed by atoms with E-state index in [1.54, 1.807) is 0 Å². The molecule has 0 saturated heterocycles. The zero-order valence-electron chi connectivity index (χ0n) is 8.07. The van der Waals surface area contributed by atoms with Crippen LogP contribution in [0.1, 0.15) is 19.8 Å². The zero-order chi connectivity index (χ0) is 9.68. The molecule has 0 aromatic rings. The summed E-state index contributed by atoms with van der Waals surface area (Å²) in [5, 5.41) is 21.5. The van der Waals surface area contributed by atoms with E-state index in [9.17, 15) is 5.11 Å². The molecule has 13 heavy (non-hydrogen) atoms. The van der Waals surface area contributed by atoms with Crippen LogP contribution in [0.4, 0.5) is 0 Å². The van der Waals surface area contributed by atoms with Crippen molar-refractivity contribution in [2.24, 2.45) is 0 Å². The van der Waals surface area contributed by atoms with Crippen LogP contribution >= 0.6 is 0 Å². The molecule has 4 heteroatoms. The Morgan fingerprint density at radius 3 is 2.77 bits per heavy atom. The fourth-order valence-corrected chi connectivity index (χ4v) is 1.37. The van der Waals surface area contributed by atoms with Crippen molar-refractivity contribution in [3.63, 3.8) is 0 Å². The molecule has 1 saturated carbocycles. The molecule has 0 heterocycles. The molecule has 1 unspecified atom stereocenters. The van der Waals surface area contributed by atoms with Crippen molar-refractivity contribution in [3.05, 3.63) is 0 Å². The van der Waals surface area contributed by atoms with Crippen molar-refractivity contribution in [1.82, 2.24) is 5.32 Å². The second-order valence-corrected chi connectivity index (χ2v) is 3.54. The Balaban J connectivity index is 1.92. The maximum Gasteiger partial charge on any atom is 0.0897 e. The molecule has 0 bridgehead atoms.